The molecule has 1 aromatic heterocycles. The number of carbonyl (C=O) groups is 3. The molecule has 1 saturated heterocycles. The van der Waals surface area contributed by atoms with Crippen LogP contribution in [0.15, 0.2) is 42.7 Å². The van der Waals surface area contributed by atoms with Crippen LogP contribution in [0.25, 0.3) is 5.69 Å². The third-order valence-electron chi connectivity index (χ3n) is 5.22. The van der Waals surface area contributed by atoms with Crippen LogP contribution in [-0.4, -0.2) is 50.9 Å². The minimum absolute atomic E-state index is 0.0978. The van der Waals surface area contributed by atoms with Gasteiger partial charge in [0.05, 0.1) is 12.3 Å². The van der Waals surface area contributed by atoms with Gasteiger partial charge < -0.3 is 9.47 Å². The third kappa shape index (κ3) is 5.75. The molecule has 2 aromatic rings. The van der Waals surface area contributed by atoms with Gasteiger partial charge in [-0.05, 0) is 63.3 Å². The maximum absolute atomic E-state index is 13.1. The molecular formula is C24H31N3O5. The fourth-order valence-electron chi connectivity index (χ4n) is 3.69. The Morgan fingerprint density at radius 3 is 2.66 bits per heavy atom. The van der Waals surface area contributed by atoms with Crippen molar-refractivity contribution in [2.24, 2.45) is 0 Å². The van der Waals surface area contributed by atoms with Crippen LogP contribution in [0.4, 0.5) is 4.79 Å². The van der Waals surface area contributed by atoms with Gasteiger partial charge in [0.25, 0.3) is 0 Å². The van der Waals surface area contributed by atoms with Crippen LogP contribution in [0.1, 0.15) is 64.9 Å². The SMILES string of the molecule is CCCCOC(=O)[C@H]1C[C@@H](c2cccc(-n3cccn3)c2)CC(=O)N1C(=O)OC(C)(C)C. The maximum atomic E-state index is 13.1. The lowest BCUT2D eigenvalue weighted by atomic mass is 9.84. The number of likely N-dealkylation sites (tertiary alicyclic amines) is 1. The monoisotopic (exact) mass is 441 g/mol. The van der Waals surface area contributed by atoms with Crippen molar-refractivity contribution in [2.75, 3.05) is 6.61 Å². The van der Waals surface area contributed by atoms with Gasteiger partial charge in [-0.15, -0.1) is 0 Å². The van der Waals surface area contributed by atoms with E-state index in [0.717, 1.165) is 22.6 Å². The quantitative estimate of drug-likeness (QED) is 0.492. The number of rotatable bonds is 6. The molecule has 3 rings (SSSR count). The van der Waals surface area contributed by atoms with Crippen LogP contribution in [0.3, 0.4) is 0 Å². The molecule has 1 aliphatic rings. The molecule has 0 unspecified atom stereocenters. The van der Waals surface area contributed by atoms with Gasteiger partial charge in [-0.25, -0.2) is 19.2 Å². The Morgan fingerprint density at radius 2 is 2.00 bits per heavy atom. The molecule has 172 valence electrons. The van der Waals surface area contributed by atoms with E-state index in [2.05, 4.69) is 5.10 Å². The fourth-order valence-corrected chi connectivity index (χ4v) is 3.69. The number of unbranched alkanes of at least 4 members (excludes halogenated alkanes) is 1. The molecule has 8 nitrogen and oxygen atoms in total. The van der Waals surface area contributed by atoms with Crippen LogP contribution in [0.2, 0.25) is 0 Å². The van der Waals surface area contributed by atoms with Gasteiger partial charge in [0.15, 0.2) is 0 Å². The molecule has 1 fully saturated rings. The second-order valence-corrected chi connectivity index (χ2v) is 8.96. The maximum Gasteiger partial charge on any atom is 0.417 e. The number of imide groups is 1. The standard InChI is InChI=1S/C24H31N3O5/c1-5-6-13-31-22(29)20-15-18(16-21(28)27(20)23(30)32-24(2,3)4)17-9-7-10-19(14-17)26-12-8-11-25-26/h7-12,14,18,20H,5-6,13,15-16H2,1-4H3/t18-,20-/m1/s1. The first-order valence-corrected chi connectivity index (χ1v) is 11.0. The van der Waals surface area contributed by atoms with Crippen molar-refractivity contribution in [1.82, 2.24) is 14.7 Å². The molecule has 2 atom stereocenters. The Labute approximate surface area is 188 Å². The van der Waals surface area contributed by atoms with Crippen molar-refractivity contribution >= 4 is 18.0 Å². The molecule has 1 aromatic carbocycles. The Morgan fingerprint density at radius 1 is 1.22 bits per heavy atom. The second-order valence-electron chi connectivity index (χ2n) is 8.96. The molecular weight excluding hydrogens is 410 g/mol. The van der Waals surface area contributed by atoms with E-state index in [4.69, 9.17) is 9.47 Å². The molecule has 2 heterocycles. The van der Waals surface area contributed by atoms with Gasteiger partial charge in [-0.3, -0.25) is 4.79 Å². The Bertz CT molecular complexity index is 949. The summed E-state index contributed by atoms with van der Waals surface area (Å²) in [6.45, 7) is 7.40. The summed E-state index contributed by atoms with van der Waals surface area (Å²) in [6.07, 6.45) is 4.67. The summed E-state index contributed by atoms with van der Waals surface area (Å²) in [5, 5.41) is 4.25. The topological polar surface area (TPSA) is 90.7 Å². The summed E-state index contributed by atoms with van der Waals surface area (Å²) in [4.78, 5) is 39.7. The minimum Gasteiger partial charge on any atom is -0.464 e. The zero-order chi connectivity index (χ0) is 23.3. The second kappa shape index (κ2) is 9.97. The number of nitrogens with zero attached hydrogens (tertiary/aromatic N) is 3. The van der Waals surface area contributed by atoms with Crippen LogP contribution in [0, 0.1) is 0 Å². The van der Waals surface area contributed by atoms with Crippen molar-refractivity contribution in [3.05, 3.63) is 48.3 Å². The lowest BCUT2D eigenvalue weighted by Crippen LogP contribution is -2.54. The summed E-state index contributed by atoms with van der Waals surface area (Å²) in [5.41, 5.74) is 0.973. The molecule has 2 amide bonds. The minimum atomic E-state index is -1.03. The first-order valence-electron chi connectivity index (χ1n) is 11.0. The van der Waals surface area contributed by atoms with E-state index >= 15 is 0 Å². The highest BCUT2D eigenvalue weighted by Gasteiger charge is 2.44. The van der Waals surface area contributed by atoms with E-state index in [-0.39, 0.29) is 25.4 Å². The number of amides is 2. The van der Waals surface area contributed by atoms with Crippen molar-refractivity contribution in [3.63, 3.8) is 0 Å². The molecule has 8 heteroatoms. The highest BCUT2D eigenvalue weighted by atomic mass is 16.6. The van der Waals surface area contributed by atoms with E-state index in [1.54, 1.807) is 31.6 Å². The van der Waals surface area contributed by atoms with Gasteiger partial charge in [0, 0.05) is 18.8 Å². The van der Waals surface area contributed by atoms with E-state index in [9.17, 15) is 14.4 Å². The number of piperidine rings is 1. The lowest BCUT2D eigenvalue weighted by molar-refractivity contribution is -0.157. The molecule has 0 aliphatic carbocycles. The molecule has 0 radical (unpaired) electrons. The molecule has 1 aliphatic heterocycles. The normalized spacial score (nSPS) is 19.0. The van der Waals surface area contributed by atoms with Gasteiger partial charge >= 0.3 is 12.1 Å². The number of carbonyl (C=O) groups excluding carboxylic acids is 3. The predicted octanol–water partition coefficient (Wildman–Crippen LogP) is 4.23. The number of ether oxygens (including phenoxy) is 2. The van der Waals surface area contributed by atoms with Crippen LogP contribution >= 0.6 is 0 Å². The molecule has 0 bridgehead atoms. The number of aromatic nitrogens is 2. The number of hydrogen-bond donors (Lipinski definition) is 0. The van der Waals surface area contributed by atoms with E-state index < -0.39 is 29.6 Å². The van der Waals surface area contributed by atoms with Gasteiger partial charge in [0.1, 0.15) is 11.6 Å². The lowest BCUT2D eigenvalue weighted by Gasteiger charge is -2.37. The molecule has 0 N–H and O–H groups in total. The molecule has 0 spiro atoms. The highest BCUT2D eigenvalue weighted by molar-refractivity contribution is 5.98. The van der Waals surface area contributed by atoms with Crippen LogP contribution in [0.5, 0.6) is 0 Å². The van der Waals surface area contributed by atoms with Crippen molar-refractivity contribution in [2.45, 2.75) is 70.9 Å². The van der Waals surface area contributed by atoms with Gasteiger partial charge in [0.2, 0.25) is 5.91 Å². The third-order valence-corrected chi connectivity index (χ3v) is 5.22. The van der Waals surface area contributed by atoms with Crippen LogP contribution < -0.4 is 0 Å². The van der Waals surface area contributed by atoms with E-state index in [0.29, 0.717) is 6.42 Å². The zero-order valence-corrected chi connectivity index (χ0v) is 19.1. The average molecular weight is 442 g/mol. The first kappa shape index (κ1) is 23.5. The highest BCUT2D eigenvalue weighted by Crippen LogP contribution is 2.34. The number of hydrogen-bond acceptors (Lipinski definition) is 6. The van der Waals surface area contributed by atoms with Crippen molar-refractivity contribution in [3.8, 4) is 5.69 Å². The van der Waals surface area contributed by atoms with Gasteiger partial charge in [-0.1, -0.05) is 25.5 Å². The Kier molecular flexibility index (Phi) is 7.33. The summed E-state index contributed by atoms with van der Waals surface area (Å²) >= 11 is 0. The van der Waals surface area contributed by atoms with Crippen molar-refractivity contribution < 1.29 is 23.9 Å². The first-order chi connectivity index (χ1) is 15.2. The largest absolute Gasteiger partial charge is 0.464 e. The summed E-state index contributed by atoms with van der Waals surface area (Å²) in [5.74, 6) is -1.26. The summed E-state index contributed by atoms with van der Waals surface area (Å²) in [6, 6.07) is 8.50. The fraction of sp³-hybridized carbons (Fsp3) is 0.500. The van der Waals surface area contributed by atoms with Crippen LogP contribution in [-0.2, 0) is 19.1 Å². The van der Waals surface area contributed by atoms with Crippen molar-refractivity contribution in [1.29, 1.82) is 0 Å². The van der Waals surface area contributed by atoms with E-state index in [1.165, 1.54) is 0 Å². The zero-order valence-electron chi connectivity index (χ0n) is 19.1. The van der Waals surface area contributed by atoms with Gasteiger partial charge in [-0.2, -0.15) is 5.10 Å². The summed E-state index contributed by atoms with van der Waals surface area (Å²) in [7, 11) is 0. The molecule has 0 saturated carbocycles. The number of benzene rings is 1. The van der Waals surface area contributed by atoms with E-state index in [1.807, 2.05) is 43.5 Å². The molecule has 32 heavy (non-hydrogen) atoms. The average Bonchev–Trinajstić information content (AvgIpc) is 3.27. The smallest absolute Gasteiger partial charge is 0.417 e. The Hall–Kier alpha value is -3.16. The predicted molar refractivity (Wildman–Crippen MR) is 118 cm³/mol. The summed E-state index contributed by atoms with van der Waals surface area (Å²) < 4.78 is 12.5. The Balaban J connectivity index is 1.86. The number of esters is 1.